The van der Waals surface area contributed by atoms with Gasteiger partial charge in [-0.3, -0.25) is 19.2 Å². The van der Waals surface area contributed by atoms with E-state index in [1.54, 1.807) is 29.2 Å². The van der Waals surface area contributed by atoms with Gasteiger partial charge in [0.15, 0.2) is 0 Å². The van der Waals surface area contributed by atoms with Crippen LogP contribution >= 0.6 is 0 Å². The van der Waals surface area contributed by atoms with E-state index in [1.165, 1.54) is 4.90 Å². The minimum Gasteiger partial charge on any atom is -0.426 e. The van der Waals surface area contributed by atoms with Crippen LogP contribution in [0.1, 0.15) is 32.1 Å². The van der Waals surface area contributed by atoms with Crippen LogP contribution in [0, 0.1) is 17.8 Å². The van der Waals surface area contributed by atoms with Crippen LogP contribution in [0.4, 0.5) is 11.4 Å². The van der Waals surface area contributed by atoms with Crippen LogP contribution in [0.2, 0.25) is 0 Å². The number of carbonyl (C=O) groups is 4. The van der Waals surface area contributed by atoms with Crippen LogP contribution in [0.3, 0.4) is 0 Å². The minimum atomic E-state index is -0.613. The predicted octanol–water partition coefficient (Wildman–Crippen LogP) is 4.48. The highest BCUT2D eigenvalue weighted by Crippen LogP contribution is 2.40. The minimum absolute atomic E-state index is 0.0637. The third-order valence-electron chi connectivity index (χ3n) is 7.65. The molecule has 2 saturated heterocycles. The van der Waals surface area contributed by atoms with Gasteiger partial charge in [0.05, 0.1) is 29.1 Å². The Morgan fingerprint density at radius 2 is 1.53 bits per heavy atom. The molecule has 3 amide bonds. The van der Waals surface area contributed by atoms with Crippen molar-refractivity contribution in [3.05, 3.63) is 66.7 Å². The van der Waals surface area contributed by atoms with Crippen molar-refractivity contribution in [2.24, 2.45) is 17.8 Å². The van der Waals surface area contributed by atoms with Gasteiger partial charge in [-0.05, 0) is 36.4 Å². The molecule has 7 nitrogen and oxygen atoms in total. The van der Waals surface area contributed by atoms with E-state index in [2.05, 4.69) is 0 Å². The number of benzene rings is 3. The van der Waals surface area contributed by atoms with E-state index in [4.69, 9.17) is 4.74 Å². The second-order valence-electron chi connectivity index (χ2n) is 9.83. The molecule has 36 heavy (non-hydrogen) atoms. The molecule has 0 spiro atoms. The average Bonchev–Trinajstić information content (AvgIpc) is 3.41. The lowest BCUT2D eigenvalue weighted by molar-refractivity contribution is -0.139. The van der Waals surface area contributed by atoms with Gasteiger partial charge in [0, 0.05) is 24.4 Å². The van der Waals surface area contributed by atoms with Gasteiger partial charge in [0.1, 0.15) is 5.75 Å². The van der Waals surface area contributed by atoms with Crippen LogP contribution in [0.25, 0.3) is 10.8 Å². The van der Waals surface area contributed by atoms with E-state index in [-0.39, 0.29) is 48.3 Å². The Bertz CT molecular complexity index is 1370. The van der Waals surface area contributed by atoms with Crippen LogP contribution in [0.15, 0.2) is 66.7 Å². The summed E-state index contributed by atoms with van der Waals surface area (Å²) in [5.41, 5.74) is 1.20. The van der Waals surface area contributed by atoms with Gasteiger partial charge in [0.25, 0.3) is 0 Å². The van der Waals surface area contributed by atoms with Crippen LogP contribution in [-0.2, 0) is 19.2 Å². The monoisotopic (exact) mass is 482 g/mol. The number of ether oxygens (including phenoxy) is 1. The van der Waals surface area contributed by atoms with Gasteiger partial charge in [-0.2, -0.15) is 0 Å². The summed E-state index contributed by atoms with van der Waals surface area (Å²) in [6.45, 7) is 0.234. The molecule has 1 saturated carbocycles. The fourth-order valence-electron chi connectivity index (χ4n) is 5.84. The summed E-state index contributed by atoms with van der Waals surface area (Å²) in [6, 6.07) is 20.1. The molecule has 0 unspecified atom stereocenters. The first-order chi connectivity index (χ1) is 17.5. The number of hydrogen-bond donors (Lipinski definition) is 0. The van der Waals surface area contributed by atoms with Crippen LogP contribution in [0.5, 0.6) is 5.75 Å². The number of nitrogens with zero attached hydrogens (tertiary/aromatic N) is 2. The number of esters is 1. The van der Waals surface area contributed by atoms with Gasteiger partial charge in [-0.25, -0.2) is 4.90 Å². The zero-order chi connectivity index (χ0) is 24.8. The Morgan fingerprint density at radius 3 is 2.31 bits per heavy atom. The third-order valence-corrected chi connectivity index (χ3v) is 7.65. The SMILES string of the molecule is O=C(Oc1cccc(N2C(=O)[C@@H]3CCCC[C@H]3C2=O)c1)[C@@H]1CC(=O)N(c2cccc3ccccc23)C1. The smallest absolute Gasteiger partial charge is 0.316 e. The largest absolute Gasteiger partial charge is 0.426 e. The van der Waals surface area contributed by atoms with Crippen molar-refractivity contribution >= 4 is 45.8 Å². The summed E-state index contributed by atoms with van der Waals surface area (Å²) in [4.78, 5) is 54.7. The van der Waals surface area contributed by atoms with Crippen LogP contribution in [-0.4, -0.2) is 30.2 Å². The molecule has 0 aromatic heterocycles. The van der Waals surface area contributed by atoms with Crippen molar-refractivity contribution in [2.75, 3.05) is 16.3 Å². The number of fused-ring (bicyclic) bond motifs is 2. The Balaban J connectivity index is 1.18. The third kappa shape index (κ3) is 3.75. The molecular formula is C29H26N2O5. The predicted molar refractivity (Wildman–Crippen MR) is 134 cm³/mol. The summed E-state index contributed by atoms with van der Waals surface area (Å²) in [5, 5.41) is 1.98. The Hall–Kier alpha value is -4.00. The topological polar surface area (TPSA) is 84.0 Å². The highest BCUT2D eigenvalue weighted by molar-refractivity contribution is 6.22. The molecule has 0 N–H and O–H groups in total. The van der Waals surface area contributed by atoms with E-state index in [0.717, 1.165) is 42.1 Å². The van der Waals surface area contributed by atoms with Crippen molar-refractivity contribution in [2.45, 2.75) is 32.1 Å². The Labute approximate surface area is 208 Å². The first-order valence-corrected chi connectivity index (χ1v) is 12.5. The Morgan fingerprint density at radius 1 is 0.833 bits per heavy atom. The molecular weight excluding hydrogens is 456 g/mol. The molecule has 2 aliphatic heterocycles. The lowest BCUT2D eigenvalue weighted by Gasteiger charge is -2.19. The van der Waals surface area contributed by atoms with Gasteiger partial charge in [0.2, 0.25) is 17.7 Å². The fraction of sp³-hybridized carbons (Fsp3) is 0.310. The molecule has 3 atom stereocenters. The molecule has 0 radical (unpaired) electrons. The normalized spacial score (nSPS) is 23.9. The average molecular weight is 483 g/mol. The summed E-state index contributed by atoms with van der Waals surface area (Å²) < 4.78 is 5.64. The van der Waals surface area contributed by atoms with E-state index >= 15 is 0 Å². The second-order valence-corrected chi connectivity index (χ2v) is 9.83. The summed E-state index contributed by atoms with van der Waals surface area (Å²) in [5.74, 6) is -1.82. The molecule has 1 aliphatic carbocycles. The lowest BCUT2D eigenvalue weighted by atomic mass is 9.81. The van der Waals surface area contributed by atoms with Gasteiger partial charge in [-0.1, -0.05) is 55.3 Å². The van der Waals surface area contributed by atoms with Gasteiger partial charge >= 0.3 is 5.97 Å². The van der Waals surface area contributed by atoms with Crippen LogP contribution < -0.4 is 14.5 Å². The maximum absolute atomic E-state index is 13.0. The molecule has 6 rings (SSSR count). The molecule has 3 fully saturated rings. The molecule has 0 bridgehead atoms. The highest BCUT2D eigenvalue weighted by atomic mass is 16.5. The summed E-state index contributed by atoms with van der Waals surface area (Å²) in [6.07, 6.45) is 3.46. The zero-order valence-corrected chi connectivity index (χ0v) is 19.8. The number of amides is 3. The second kappa shape index (κ2) is 8.90. The summed E-state index contributed by atoms with van der Waals surface area (Å²) >= 11 is 0. The van der Waals surface area contributed by atoms with E-state index < -0.39 is 11.9 Å². The zero-order valence-electron chi connectivity index (χ0n) is 19.8. The van der Waals surface area contributed by atoms with Crippen molar-refractivity contribution < 1.29 is 23.9 Å². The first kappa shape index (κ1) is 22.5. The number of hydrogen-bond acceptors (Lipinski definition) is 5. The fourth-order valence-corrected chi connectivity index (χ4v) is 5.84. The number of anilines is 2. The van der Waals surface area contributed by atoms with Crippen molar-refractivity contribution in [1.82, 2.24) is 0 Å². The highest BCUT2D eigenvalue weighted by Gasteiger charge is 2.48. The van der Waals surface area contributed by atoms with E-state index in [0.29, 0.717) is 5.69 Å². The van der Waals surface area contributed by atoms with Crippen molar-refractivity contribution in [3.8, 4) is 5.75 Å². The molecule has 7 heteroatoms. The Kier molecular flexibility index (Phi) is 5.55. The van der Waals surface area contributed by atoms with Crippen molar-refractivity contribution in [1.29, 1.82) is 0 Å². The standard InChI is InChI=1S/C29H26N2O5/c32-26-15-19(17-30(26)25-14-5-8-18-7-1-2-11-22(18)25)29(35)36-21-10-6-9-20(16-21)31-27(33)23-12-3-4-13-24(23)28(31)34/h1-2,5-11,14,16,19,23-24H,3-4,12-13,15,17H2/t19-,23-,24-/m1/s1. The lowest BCUT2D eigenvalue weighted by Crippen LogP contribution is -2.31. The quantitative estimate of drug-likeness (QED) is 0.311. The summed E-state index contributed by atoms with van der Waals surface area (Å²) in [7, 11) is 0. The molecule has 2 heterocycles. The van der Waals surface area contributed by atoms with Gasteiger partial charge < -0.3 is 9.64 Å². The van der Waals surface area contributed by atoms with E-state index in [9.17, 15) is 19.2 Å². The molecule has 3 aromatic rings. The first-order valence-electron chi connectivity index (χ1n) is 12.5. The number of rotatable bonds is 4. The maximum atomic E-state index is 13.0. The molecule has 3 aromatic carbocycles. The maximum Gasteiger partial charge on any atom is 0.316 e. The van der Waals surface area contributed by atoms with Gasteiger partial charge in [-0.15, -0.1) is 0 Å². The molecule has 3 aliphatic rings. The molecule has 182 valence electrons. The van der Waals surface area contributed by atoms with E-state index in [1.807, 2.05) is 42.5 Å². The van der Waals surface area contributed by atoms with Crippen molar-refractivity contribution in [3.63, 3.8) is 0 Å². The number of imide groups is 1. The number of carbonyl (C=O) groups excluding carboxylic acids is 4.